The van der Waals surface area contributed by atoms with Crippen LogP contribution in [0.2, 0.25) is 5.02 Å². The summed E-state index contributed by atoms with van der Waals surface area (Å²) in [6.45, 7) is 0. The molecule has 2 N–H and O–H groups in total. The van der Waals surface area contributed by atoms with E-state index in [0.29, 0.717) is 17.5 Å². The van der Waals surface area contributed by atoms with Crippen LogP contribution >= 0.6 is 11.6 Å². The number of rotatable bonds is 4. The summed E-state index contributed by atoms with van der Waals surface area (Å²) in [7, 11) is 1.71. The summed E-state index contributed by atoms with van der Waals surface area (Å²) in [5.74, 6) is 0.236. The van der Waals surface area contributed by atoms with Crippen LogP contribution in [-0.2, 0) is 10.3 Å². The molecular formula is C17H22ClN3O3. The number of aromatic nitrogens is 2. The molecule has 0 spiro atoms. The van der Waals surface area contributed by atoms with Gasteiger partial charge in [-0.1, -0.05) is 11.6 Å². The maximum absolute atomic E-state index is 12.8. The standard InChI is InChI=1S/C17H22ClN3O3/c1-19-12-8-20-21(15(24)14(12)18)17-5-10-2-11(6-17)4-16(3-10,9-17)7-13(22)23/h8,10-11,19H,2-7,9H2,1H3,(H,22,23)/t10-,11-,16?,17?/m0/s1. The van der Waals surface area contributed by atoms with Gasteiger partial charge in [0.2, 0.25) is 0 Å². The van der Waals surface area contributed by atoms with Crippen LogP contribution in [0.1, 0.15) is 44.9 Å². The zero-order valence-corrected chi connectivity index (χ0v) is 14.5. The molecule has 7 heteroatoms. The van der Waals surface area contributed by atoms with E-state index in [0.717, 1.165) is 38.5 Å². The first-order valence-electron chi connectivity index (χ1n) is 8.54. The lowest BCUT2D eigenvalue weighted by molar-refractivity contribution is -0.151. The Kier molecular flexibility index (Phi) is 3.46. The maximum Gasteiger partial charge on any atom is 0.303 e. The first kappa shape index (κ1) is 15.9. The molecule has 6 nitrogen and oxygen atoms in total. The van der Waals surface area contributed by atoms with Gasteiger partial charge in [0.05, 0.1) is 23.8 Å². The van der Waals surface area contributed by atoms with Crippen molar-refractivity contribution in [2.45, 2.75) is 50.5 Å². The fourth-order valence-corrected chi connectivity index (χ4v) is 6.35. The number of carboxylic acid groups (broad SMARTS) is 1. The van der Waals surface area contributed by atoms with Gasteiger partial charge >= 0.3 is 5.97 Å². The van der Waals surface area contributed by atoms with Crippen LogP contribution in [0.15, 0.2) is 11.0 Å². The lowest BCUT2D eigenvalue weighted by atomic mass is 9.46. The summed E-state index contributed by atoms with van der Waals surface area (Å²) in [5.41, 5.74) is -0.295. The van der Waals surface area contributed by atoms with Gasteiger partial charge in [-0.05, 0) is 55.8 Å². The van der Waals surface area contributed by atoms with Crippen LogP contribution in [0.5, 0.6) is 0 Å². The Bertz CT molecular complexity index is 746. The van der Waals surface area contributed by atoms with Crippen LogP contribution in [0, 0.1) is 17.3 Å². The van der Waals surface area contributed by atoms with Crippen molar-refractivity contribution in [1.82, 2.24) is 9.78 Å². The highest BCUT2D eigenvalue weighted by molar-refractivity contribution is 6.32. The van der Waals surface area contributed by atoms with E-state index in [2.05, 4.69) is 10.4 Å². The fraction of sp³-hybridized carbons (Fsp3) is 0.706. The number of halogens is 1. The predicted octanol–water partition coefficient (Wildman–Crippen LogP) is 2.71. The Hall–Kier alpha value is -1.56. The van der Waals surface area contributed by atoms with Crippen LogP contribution in [-0.4, -0.2) is 27.9 Å². The largest absolute Gasteiger partial charge is 0.481 e. The van der Waals surface area contributed by atoms with Gasteiger partial charge in [-0.15, -0.1) is 0 Å². The third-order valence-electron chi connectivity index (χ3n) is 6.32. The molecule has 2 atom stereocenters. The Morgan fingerprint density at radius 1 is 1.42 bits per heavy atom. The normalized spacial score (nSPS) is 36.8. The number of nitrogens with one attached hydrogen (secondary N) is 1. The molecule has 0 aromatic carbocycles. The van der Waals surface area contributed by atoms with E-state index in [1.165, 1.54) is 0 Å². The van der Waals surface area contributed by atoms with Crippen LogP contribution in [0.3, 0.4) is 0 Å². The molecule has 5 rings (SSSR count). The molecule has 4 aliphatic carbocycles. The summed E-state index contributed by atoms with van der Waals surface area (Å²) in [6, 6.07) is 0. The van der Waals surface area contributed by atoms with Crippen molar-refractivity contribution < 1.29 is 9.90 Å². The maximum atomic E-state index is 12.8. The first-order chi connectivity index (χ1) is 11.4. The van der Waals surface area contributed by atoms with Crippen molar-refractivity contribution in [1.29, 1.82) is 0 Å². The third-order valence-corrected chi connectivity index (χ3v) is 6.68. The highest BCUT2D eigenvalue weighted by atomic mass is 35.5. The monoisotopic (exact) mass is 351 g/mol. The zero-order chi connectivity index (χ0) is 17.1. The Labute approximate surface area is 145 Å². The van der Waals surface area contributed by atoms with E-state index >= 15 is 0 Å². The molecule has 24 heavy (non-hydrogen) atoms. The quantitative estimate of drug-likeness (QED) is 0.871. The molecule has 1 aromatic heterocycles. The van der Waals surface area contributed by atoms with Crippen LogP contribution < -0.4 is 10.9 Å². The van der Waals surface area contributed by atoms with Crippen molar-refractivity contribution in [3.05, 3.63) is 21.6 Å². The number of carboxylic acids is 1. The predicted molar refractivity (Wildman–Crippen MR) is 90.4 cm³/mol. The average molecular weight is 352 g/mol. The molecule has 0 amide bonds. The molecule has 0 saturated heterocycles. The second-order valence-electron chi connectivity index (χ2n) is 8.10. The molecule has 0 unspecified atom stereocenters. The second-order valence-corrected chi connectivity index (χ2v) is 8.47. The summed E-state index contributed by atoms with van der Waals surface area (Å²) >= 11 is 6.23. The number of anilines is 1. The second kappa shape index (κ2) is 5.22. The van der Waals surface area contributed by atoms with Gasteiger partial charge in [-0.3, -0.25) is 9.59 Å². The highest BCUT2D eigenvalue weighted by Crippen LogP contribution is 2.64. The van der Waals surface area contributed by atoms with E-state index in [1.54, 1.807) is 17.9 Å². The Balaban J connectivity index is 1.79. The third kappa shape index (κ3) is 2.26. The van der Waals surface area contributed by atoms with Crippen LogP contribution in [0.4, 0.5) is 5.69 Å². The number of hydrogen-bond acceptors (Lipinski definition) is 4. The van der Waals surface area contributed by atoms with Gasteiger partial charge in [0, 0.05) is 7.05 Å². The zero-order valence-electron chi connectivity index (χ0n) is 13.7. The van der Waals surface area contributed by atoms with E-state index < -0.39 is 5.97 Å². The number of aliphatic carboxylic acids is 1. The van der Waals surface area contributed by atoms with Gasteiger partial charge in [0.25, 0.3) is 5.56 Å². The van der Waals surface area contributed by atoms with E-state index in [1.807, 2.05) is 0 Å². The van der Waals surface area contributed by atoms with E-state index in [-0.39, 0.29) is 28.0 Å². The van der Waals surface area contributed by atoms with Gasteiger partial charge < -0.3 is 10.4 Å². The van der Waals surface area contributed by atoms with E-state index in [9.17, 15) is 14.7 Å². The molecular weight excluding hydrogens is 330 g/mol. The number of hydrogen-bond donors (Lipinski definition) is 2. The van der Waals surface area contributed by atoms with Crippen molar-refractivity contribution in [3.63, 3.8) is 0 Å². The summed E-state index contributed by atoms with van der Waals surface area (Å²) in [4.78, 5) is 24.2. The SMILES string of the molecule is CNc1cnn(C23C[C@H]4C[C@@H](CC(CC(=O)O)(C4)C2)C3)c(=O)c1Cl. The van der Waals surface area contributed by atoms with E-state index in [4.69, 9.17) is 11.6 Å². The Morgan fingerprint density at radius 2 is 2.08 bits per heavy atom. The smallest absolute Gasteiger partial charge is 0.303 e. The first-order valence-corrected chi connectivity index (χ1v) is 8.92. The minimum absolute atomic E-state index is 0.163. The van der Waals surface area contributed by atoms with Crippen molar-refractivity contribution >= 4 is 23.3 Å². The highest BCUT2D eigenvalue weighted by Gasteiger charge is 2.59. The van der Waals surface area contributed by atoms with Crippen molar-refractivity contribution in [2.75, 3.05) is 12.4 Å². The van der Waals surface area contributed by atoms with Crippen molar-refractivity contribution in [2.24, 2.45) is 17.3 Å². The molecule has 0 aliphatic heterocycles. The lowest BCUT2D eigenvalue weighted by Gasteiger charge is -2.61. The molecule has 130 valence electrons. The minimum Gasteiger partial charge on any atom is -0.481 e. The summed E-state index contributed by atoms with van der Waals surface area (Å²) < 4.78 is 1.57. The number of nitrogens with zero attached hydrogens (tertiary/aromatic N) is 2. The Morgan fingerprint density at radius 3 is 2.67 bits per heavy atom. The lowest BCUT2D eigenvalue weighted by Crippen LogP contribution is -2.59. The fourth-order valence-electron chi connectivity index (χ4n) is 6.12. The number of carbonyl (C=O) groups is 1. The van der Waals surface area contributed by atoms with Gasteiger partial charge in [-0.2, -0.15) is 5.10 Å². The van der Waals surface area contributed by atoms with Crippen LogP contribution in [0.25, 0.3) is 0 Å². The topological polar surface area (TPSA) is 84.2 Å². The molecule has 4 saturated carbocycles. The minimum atomic E-state index is -0.740. The summed E-state index contributed by atoms with van der Waals surface area (Å²) in [6.07, 6.45) is 7.43. The molecule has 4 aliphatic rings. The van der Waals surface area contributed by atoms with Gasteiger partial charge in [0.1, 0.15) is 5.02 Å². The molecule has 4 fully saturated rings. The average Bonchev–Trinajstić information content (AvgIpc) is 2.47. The van der Waals surface area contributed by atoms with Gasteiger partial charge in [0.15, 0.2) is 0 Å². The molecule has 1 heterocycles. The summed E-state index contributed by atoms with van der Waals surface area (Å²) in [5, 5.41) is 16.8. The molecule has 4 bridgehead atoms. The van der Waals surface area contributed by atoms with Crippen molar-refractivity contribution in [3.8, 4) is 0 Å². The van der Waals surface area contributed by atoms with Gasteiger partial charge in [-0.25, -0.2) is 4.68 Å². The molecule has 0 radical (unpaired) electrons. The molecule has 1 aromatic rings.